The molecule has 0 aromatic rings. The van der Waals surface area contributed by atoms with Crippen molar-refractivity contribution in [3.05, 3.63) is 24.0 Å². The SMILES string of the molecule is CCCCCCCCC(CCCCCC)C(=O)OCCCCCCCN(CCCN1C=CCC=C1C)CC(O)CCCCOC(=O)C(CCCCCC)CCCCCCCC. The van der Waals surface area contributed by atoms with Crippen molar-refractivity contribution < 1.29 is 24.2 Å². The zero-order valence-corrected chi connectivity index (χ0v) is 41.2. The van der Waals surface area contributed by atoms with E-state index in [-0.39, 0.29) is 29.9 Å². The minimum Gasteiger partial charge on any atom is -0.465 e. The first-order chi connectivity index (χ1) is 29.9. The molecule has 0 radical (unpaired) electrons. The normalized spacial score (nSPS) is 14.3. The molecule has 1 heterocycles. The van der Waals surface area contributed by atoms with Gasteiger partial charge in [-0.05, 0) is 96.8 Å². The second-order valence-corrected chi connectivity index (χ2v) is 18.8. The number of rotatable bonds is 45. The molecule has 3 unspecified atom stereocenters. The van der Waals surface area contributed by atoms with Gasteiger partial charge in [0.1, 0.15) is 0 Å². The van der Waals surface area contributed by atoms with Gasteiger partial charge in [0, 0.05) is 18.8 Å². The molecule has 7 heteroatoms. The summed E-state index contributed by atoms with van der Waals surface area (Å²) in [6.07, 6.45) is 44.8. The van der Waals surface area contributed by atoms with E-state index in [1.807, 2.05) is 0 Å². The van der Waals surface area contributed by atoms with E-state index in [2.05, 4.69) is 62.8 Å². The number of aliphatic hydroxyl groups is 1. The summed E-state index contributed by atoms with van der Waals surface area (Å²) in [7, 11) is 0. The van der Waals surface area contributed by atoms with Gasteiger partial charge in [-0.3, -0.25) is 9.59 Å². The number of aliphatic hydroxyl groups excluding tert-OH is 1. The number of nitrogens with zero attached hydrogens (tertiary/aromatic N) is 2. The van der Waals surface area contributed by atoms with E-state index in [1.165, 1.54) is 108 Å². The first kappa shape index (κ1) is 57.2. The Hall–Kier alpha value is -1.86. The van der Waals surface area contributed by atoms with Crippen molar-refractivity contribution in [3.8, 4) is 0 Å². The van der Waals surface area contributed by atoms with Gasteiger partial charge in [0.15, 0.2) is 0 Å². The maximum atomic E-state index is 13.1. The number of esters is 2. The molecule has 0 aromatic carbocycles. The Morgan fingerprint density at radius 3 is 1.44 bits per heavy atom. The summed E-state index contributed by atoms with van der Waals surface area (Å²) in [5, 5.41) is 11.1. The van der Waals surface area contributed by atoms with Gasteiger partial charge in [-0.25, -0.2) is 0 Å². The summed E-state index contributed by atoms with van der Waals surface area (Å²) in [5.74, 6) is 0.176. The molecule has 0 fully saturated rings. The van der Waals surface area contributed by atoms with Crippen LogP contribution in [0.4, 0.5) is 0 Å². The van der Waals surface area contributed by atoms with E-state index >= 15 is 0 Å². The van der Waals surface area contributed by atoms with E-state index in [1.54, 1.807) is 0 Å². The standard InChI is InChI=1S/C54H102N2O5/c1-6-10-14-18-21-27-39-50(37-25-16-12-8-3)53(58)60-46-33-24-20-23-31-42-55(43-35-45-56-44-32-29-36-49(56)5)48-52(57)41-30-34-47-61-54(59)51(38-26-17-13-9-4)40-28-22-19-15-11-7-2/h32,36,44,50-52,57H,6-31,33-35,37-43,45-48H2,1-5H3. The lowest BCUT2D eigenvalue weighted by Gasteiger charge is -2.28. The van der Waals surface area contributed by atoms with Crippen LogP contribution in [0.15, 0.2) is 24.0 Å². The van der Waals surface area contributed by atoms with Crippen LogP contribution in [0.5, 0.6) is 0 Å². The van der Waals surface area contributed by atoms with E-state index in [4.69, 9.17) is 9.47 Å². The van der Waals surface area contributed by atoms with Crippen LogP contribution < -0.4 is 0 Å². The number of hydrogen-bond acceptors (Lipinski definition) is 7. The van der Waals surface area contributed by atoms with Gasteiger partial charge >= 0.3 is 11.9 Å². The number of carbonyl (C=O) groups excluding carboxylic acids is 2. The van der Waals surface area contributed by atoms with Crippen LogP contribution in [0.1, 0.15) is 253 Å². The quantitative estimate of drug-likeness (QED) is 0.0483. The molecule has 0 saturated heterocycles. The monoisotopic (exact) mass is 859 g/mol. The summed E-state index contributed by atoms with van der Waals surface area (Å²) >= 11 is 0. The minimum absolute atomic E-state index is 0.00651. The Labute approximate surface area is 379 Å². The molecular weight excluding hydrogens is 757 g/mol. The van der Waals surface area contributed by atoms with Crippen LogP contribution in [-0.4, -0.2) is 72.3 Å². The number of hydrogen-bond donors (Lipinski definition) is 1. The average molecular weight is 859 g/mol. The molecule has 0 bridgehead atoms. The fourth-order valence-electron chi connectivity index (χ4n) is 8.83. The van der Waals surface area contributed by atoms with Crippen molar-refractivity contribution in [1.29, 1.82) is 0 Å². The Bertz CT molecular complexity index is 1060. The third-order valence-electron chi connectivity index (χ3n) is 13.0. The first-order valence-electron chi connectivity index (χ1n) is 26.7. The highest BCUT2D eigenvalue weighted by atomic mass is 16.5. The molecule has 1 aliphatic rings. The summed E-state index contributed by atoms with van der Waals surface area (Å²) < 4.78 is 11.7. The van der Waals surface area contributed by atoms with E-state index < -0.39 is 0 Å². The smallest absolute Gasteiger partial charge is 0.308 e. The molecule has 1 aliphatic heterocycles. The van der Waals surface area contributed by atoms with Gasteiger partial charge in [-0.15, -0.1) is 0 Å². The highest BCUT2D eigenvalue weighted by Crippen LogP contribution is 2.23. The fraction of sp³-hybridized carbons (Fsp3) is 0.889. The maximum Gasteiger partial charge on any atom is 0.308 e. The van der Waals surface area contributed by atoms with Crippen LogP contribution >= 0.6 is 0 Å². The van der Waals surface area contributed by atoms with Crippen LogP contribution in [0.3, 0.4) is 0 Å². The van der Waals surface area contributed by atoms with Crippen molar-refractivity contribution in [2.75, 3.05) is 39.4 Å². The summed E-state index contributed by atoms with van der Waals surface area (Å²) in [5.41, 5.74) is 1.32. The van der Waals surface area contributed by atoms with Crippen LogP contribution in [0.25, 0.3) is 0 Å². The van der Waals surface area contributed by atoms with Gasteiger partial charge in [-0.2, -0.15) is 0 Å². The number of allylic oxidation sites excluding steroid dienone is 3. The predicted octanol–water partition coefficient (Wildman–Crippen LogP) is 15.0. The predicted molar refractivity (Wildman–Crippen MR) is 261 cm³/mol. The number of carbonyl (C=O) groups is 2. The molecule has 0 spiro atoms. The Morgan fingerprint density at radius 1 is 0.557 bits per heavy atom. The summed E-state index contributed by atoms with van der Waals surface area (Å²) in [6.45, 7) is 15.8. The van der Waals surface area contributed by atoms with Crippen molar-refractivity contribution >= 4 is 11.9 Å². The molecule has 0 aliphatic carbocycles. The van der Waals surface area contributed by atoms with E-state index in [9.17, 15) is 14.7 Å². The fourth-order valence-corrected chi connectivity index (χ4v) is 8.83. The lowest BCUT2D eigenvalue weighted by Crippen LogP contribution is -2.35. The molecule has 358 valence electrons. The van der Waals surface area contributed by atoms with E-state index in [0.717, 1.165) is 135 Å². The Balaban J connectivity index is 2.48. The molecule has 0 saturated carbocycles. The summed E-state index contributed by atoms with van der Waals surface area (Å²) in [4.78, 5) is 31.0. The van der Waals surface area contributed by atoms with Crippen molar-refractivity contribution in [2.24, 2.45) is 11.8 Å². The van der Waals surface area contributed by atoms with E-state index in [0.29, 0.717) is 19.8 Å². The van der Waals surface area contributed by atoms with Crippen LogP contribution in [0.2, 0.25) is 0 Å². The zero-order chi connectivity index (χ0) is 44.4. The Kier molecular flexibility index (Phi) is 39.5. The van der Waals surface area contributed by atoms with Gasteiger partial charge in [0.25, 0.3) is 0 Å². The van der Waals surface area contributed by atoms with Gasteiger partial charge in [0.2, 0.25) is 0 Å². The highest BCUT2D eigenvalue weighted by Gasteiger charge is 2.21. The molecule has 0 aromatic heterocycles. The van der Waals surface area contributed by atoms with Gasteiger partial charge < -0.3 is 24.4 Å². The average Bonchev–Trinajstić information content (AvgIpc) is 3.25. The lowest BCUT2D eigenvalue weighted by molar-refractivity contribution is -0.150. The molecular formula is C54H102N2O5. The topological polar surface area (TPSA) is 79.3 Å². The molecule has 61 heavy (non-hydrogen) atoms. The first-order valence-corrected chi connectivity index (χ1v) is 26.7. The molecule has 3 atom stereocenters. The van der Waals surface area contributed by atoms with Gasteiger partial charge in [0.05, 0.1) is 31.2 Å². The largest absolute Gasteiger partial charge is 0.465 e. The molecule has 1 N–H and O–H groups in total. The Morgan fingerprint density at radius 2 is 0.951 bits per heavy atom. The second-order valence-electron chi connectivity index (χ2n) is 18.8. The summed E-state index contributed by atoms with van der Waals surface area (Å²) in [6, 6.07) is 0. The van der Waals surface area contributed by atoms with Crippen molar-refractivity contribution in [2.45, 2.75) is 259 Å². The number of unbranched alkanes of at least 4 members (excludes halogenated alkanes) is 21. The highest BCUT2D eigenvalue weighted by molar-refractivity contribution is 5.72. The molecule has 1 rings (SSSR count). The minimum atomic E-state index is -0.377. The van der Waals surface area contributed by atoms with Gasteiger partial charge in [-0.1, -0.05) is 188 Å². The van der Waals surface area contributed by atoms with Crippen molar-refractivity contribution in [3.63, 3.8) is 0 Å². The number of ether oxygens (including phenoxy) is 2. The molecule has 0 amide bonds. The van der Waals surface area contributed by atoms with Crippen LogP contribution in [0, 0.1) is 11.8 Å². The third-order valence-corrected chi connectivity index (χ3v) is 13.0. The van der Waals surface area contributed by atoms with Crippen molar-refractivity contribution in [1.82, 2.24) is 9.80 Å². The third kappa shape index (κ3) is 33.3. The maximum absolute atomic E-state index is 13.1. The zero-order valence-electron chi connectivity index (χ0n) is 41.2. The lowest BCUT2D eigenvalue weighted by atomic mass is 9.94. The molecule has 7 nitrogen and oxygen atoms in total. The second kappa shape index (κ2) is 42.1. The van der Waals surface area contributed by atoms with Crippen LogP contribution in [-0.2, 0) is 19.1 Å².